The highest BCUT2D eigenvalue weighted by Gasteiger charge is 2.49. The Balaban J connectivity index is 0.916. The standard InChI is InChI=1S/C76H58N2/c1-9-25-57(26-10-1)75(58-27-11-2-12-28-58)71-51-55(43-47-67(71)69-49-45-65(53-73(69)75)77(61-33-17-5-18-34-61)62-35-19-6-20-36-62)41-42-56-44-48-68-70-50-46-66(78(63-37-21-7-22-38-63)64-39-23-8-24-40-64)54-74(70)76(72(68)52-56,59-29-13-3-14-30-59)60-31-15-4-16-32-60/h1,3,5-11,13-15,17-54H,2,4,12,16H2/b42-41+. The Morgan fingerprint density at radius 2 is 0.590 bits per heavy atom. The molecule has 0 saturated heterocycles. The van der Waals surface area contributed by atoms with Crippen LogP contribution in [0.2, 0.25) is 0 Å². The Kier molecular flexibility index (Phi) is 12.0. The van der Waals surface area contributed by atoms with Crippen molar-refractivity contribution in [2.24, 2.45) is 0 Å². The third-order valence-electron chi connectivity index (χ3n) is 16.6. The van der Waals surface area contributed by atoms with Crippen LogP contribution in [-0.4, -0.2) is 0 Å². The molecule has 372 valence electrons. The lowest BCUT2D eigenvalue weighted by Crippen LogP contribution is -2.30. The molecule has 0 saturated carbocycles. The Hall–Kier alpha value is -9.50. The first-order valence-corrected chi connectivity index (χ1v) is 27.6. The molecule has 0 aliphatic heterocycles. The second-order valence-corrected chi connectivity index (χ2v) is 20.9. The van der Waals surface area contributed by atoms with Crippen molar-refractivity contribution in [2.45, 2.75) is 36.5 Å². The van der Waals surface area contributed by atoms with Gasteiger partial charge in [0, 0.05) is 34.1 Å². The summed E-state index contributed by atoms with van der Waals surface area (Å²) in [5.41, 5.74) is 23.5. The lowest BCUT2D eigenvalue weighted by Gasteiger charge is -2.36. The fraction of sp³-hybridized carbons (Fsp3) is 0.0789. The van der Waals surface area contributed by atoms with E-state index in [0.29, 0.717) is 0 Å². The summed E-state index contributed by atoms with van der Waals surface area (Å²) in [6.45, 7) is 0. The number of hydrogen-bond acceptors (Lipinski definition) is 2. The molecule has 0 aromatic heterocycles. The predicted molar refractivity (Wildman–Crippen MR) is 328 cm³/mol. The fourth-order valence-electron chi connectivity index (χ4n) is 13.3. The van der Waals surface area contributed by atoms with E-state index < -0.39 is 10.8 Å². The van der Waals surface area contributed by atoms with Crippen LogP contribution in [0.4, 0.5) is 34.1 Å². The van der Waals surface area contributed by atoms with Gasteiger partial charge >= 0.3 is 0 Å². The Morgan fingerprint density at radius 1 is 0.282 bits per heavy atom. The summed E-state index contributed by atoms with van der Waals surface area (Å²) >= 11 is 0. The largest absolute Gasteiger partial charge is 0.310 e. The second-order valence-electron chi connectivity index (χ2n) is 20.9. The first kappa shape index (κ1) is 47.0. The lowest BCUT2D eigenvalue weighted by molar-refractivity contribution is 0.751. The fourth-order valence-corrected chi connectivity index (χ4v) is 13.3. The molecule has 0 N–H and O–H groups in total. The molecule has 2 nitrogen and oxygen atoms in total. The first-order valence-electron chi connectivity index (χ1n) is 27.6. The SMILES string of the molecule is C1=CC(C2(c3ccccc3)c3cc(/C=C/c4ccc5c(c4)C(C4=CCCC=C4)(c4ccccc4)c4cc(N(c6ccccc6)c6ccccc6)ccc4-5)ccc3-c3ccc(N(c4ccccc4)c4ccccc4)cc32)=CCC1. The maximum absolute atomic E-state index is 2.50. The van der Waals surface area contributed by atoms with E-state index in [4.69, 9.17) is 0 Å². The van der Waals surface area contributed by atoms with Gasteiger partial charge in [-0.1, -0.05) is 218 Å². The van der Waals surface area contributed by atoms with Crippen LogP contribution in [0, 0.1) is 0 Å². The van der Waals surface area contributed by atoms with Crippen molar-refractivity contribution >= 4 is 46.3 Å². The smallest absolute Gasteiger partial charge is 0.0711 e. The molecule has 14 rings (SSSR count). The van der Waals surface area contributed by atoms with Gasteiger partial charge in [-0.05, 0) is 189 Å². The zero-order valence-corrected chi connectivity index (χ0v) is 43.6. The van der Waals surface area contributed by atoms with Crippen molar-refractivity contribution in [3.63, 3.8) is 0 Å². The summed E-state index contributed by atoms with van der Waals surface area (Å²) in [5.74, 6) is 0. The first-order chi connectivity index (χ1) is 38.7. The number of para-hydroxylation sites is 4. The molecule has 4 aliphatic rings. The molecular weight excluding hydrogens is 941 g/mol. The highest BCUT2D eigenvalue weighted by Crippen LogP contribution is 2.60. The highest BCUT2D eigenvalue weighted by molar-refractivity contribution is 5.93. The van der Waals surface area contributed by atoms with Crippen molar-refractivity contribution in [3.8, 4) is 22.3 Å². The number of benzene rings is 10. The van der Waals surface area contributed by atoms with Crippen molar-refractivity contribution in [3.05, 3.63) is 347 Å². The Bertz CT molecular complexity index is 3660. The van der Waals surface area contributed by atoms with Gasteiger partial charge in [0.05, 0.1) is 10.8 Å². The van der Waals surface area contributed by atoms with Gasteiger partial charge in [-0.15, -0.1) is 0 Å². The van der Waals surface area contributed by atoms with Crippen LogP contribution >= 0.6 is 0 Å². The lowest BCUT2D eigenvalue weighted by atomic mass is 9.66. The third-order valence-corrected chi connectivity index (χ3v) is 16.6. The molecule has 0 fully saturated rings. The average Bonchev–Trinajstić information content (AvgIpc) is 3.20. The Morgan fingerprint density at radius 3 is 0.910 bits per heavy atom. The third kappa shape index (κ3) is 7.78. The number of anilines is 6. The van der Waals surface area contributed by atoms with Gasteiger partial charge in [-0.2, -0.15) is 0 Å². The molecule has 2 unspecified atom stereocenters. The monoisotopic (exact) mass is 998 g/mol. The van der Waals surface area contributed by atoms with Gasteiger partial charge in [-0.3, -0.25) is 0 Å². The van der Waals surface area contributed by atoms with E-state index in [0.717, 1.165) is 59.8 Å². The van der Waals surface area contributed by atoms with Crippen LogP contribution in [0.3, 0.4) is 0 Å². The van der Waals surface area contributed by atoms with Gasteiger partial charge in [0.1, 0.15) is 0 Å². The predicted octanol–water partition coefficient (Wildman–Crippen LogP) is 20.0. The molecule has 78 heavy (non-hydrogen) atoms. The molecule has 0 spiro atoms. The highest BCUT2D eigenvalue weighted by atomic mass is 15.1. The Labute approximate surface area is 459 Å². The molecule has 10 aromatic carbocycles. The second kappa shape index (κ2) is 19.9. The average molecular weight is 999 g/mol. The van der Waals surface area contributed by atoms with E-state index in [1.807, 2.05) is 0 Å². The zero-order valence-electron chi connectivity index (χ0n) is 43.6. The van der Waals surface area contributed by atoms with Crippen LogP contribution in [-0.2, 0) is 10.8 Å². The minimum atomic E-state index is -0.549. The van der Waals surface area contributed by atoms with Gasteiger partial charge < -0.3 is 9.80 Å². The summed E-state index contributed by atoms with van der Waals surface area (Å²) < 4.78 is 0. The molecule has 2 heteroatoms. The normalized spacial score (nSPS) is 17.6. The summed E-state index contributed by atoms with van der Waals surface area (Å²) in [4.78, 5) is 4.79. The van der Waals surface area contributed by atoms with E-state index in [2.05, 4.69) is 313 Å². The van der Waals surface area contributed by atoms with Crippen LogP contribution in [0.1, 0.15) is 70.2 Å². The van der Waals surface area contributed by atoms with Crippen LogP contribution in [0.25, 0.3) is 34.4 Å². The van der Waals surface area contributed by atoms with E-state index in [-0.39, 0.29) is 0 Å². The van der Waals surface area contributed by atoms with Crippen LogP contribution < -0.4 is 9.80 Å². The molecule has 0 bridgehead atoms. The van der Waals surface area contributed by atoms with Gasteiger partial charge in [0.15, 0.2) is 0 Å². The van der Waals surface area contributed by atoms with Crippen molar-refractivity contribution in [1.29, 1.82) is 0 Å². The molecule has 0 radical (unpaired) electrons. The molecule has 0 heterocycles. The summed E-state index contributed by atoms with van der Waals surface area (Å²) in [6.07, 6.45) is 23.3. The van der Waals surface area contributed by atoms with E-state index >= 15 is 0 Å². The summed E-state index contributed by atoms with van der Waals surface area (Å²) in [6, 6.07) is 94.2. The van der Waals surface area contributed by atoms with E-state index in [1.165, 1.54) is 77.9 Å². The quantitative estimate of drug-likeness (QED) is 0.113. The van der Waals surface area contributed by atoms with Crippen molar-refractivity contribution < 1.29 is 0 Å². The van der Waals surface area contributed by atoms with Gasteiger partial charge in [-0.25, -0.2) is 0 Å². The minimum Gasteiger partial charge on any atom is -0.310 e. The summed E-state index contributed by atoms with van der Waals surface area (Å²) in [5, 5.41) is 0. The van der Waals surface area contributed by atoms with E-state index in [1.54, 1.807) is 0 Å². The van der Waals surface area contributed by atoms with Gasteiger partial charge in [0.2, 0.25) is 0 Å². The van der Waals surface area contributed by atoms with Crippen LogP contribution in [0.15, 0.2) is 302 Å². The van der Waals surface area contributed by atoms with Crippen molar-refractivity contribution in [1.82, 2.24) is 0 Å². The zero-order chi connectivity index (χ0) is 51.9. The molecule has 2 atom stereocenters. The summed E-state index contributed by atoms with van der Waals surface area (Å²) in [7, 11) is 0. The van der Waals surface area contributed by atoms with Gasteiger partial charge in [0.25, 0.3) is 0 Å². The molecule has 0 amide bonds. The van der Waals surface area contributed by atoms with E-state index in [9.17, 15) is 0 Å². The molecule has 10 aromatic rings. The number of fused-ring (bicyclic) bond motifs is 6. The minimum absolute atomic E-state index is 0.549. The number of hydrogen-bond donors (Lipinski definition) is 0. The maximum Gasteiger partial charge on any atom is 0.0711 e. The number of nitrogens with zero attached hydrogens (tertiary/aromatic N) is 2. The molecular formula is C76H58N2. The molecule has 4 aliphatic carbocycles. The topological polar surface area (TPSA) is 6.48 Å². The maximum atomic E-state index is 2.50. The van der Waals surface area contributed by atoms with Crippen molar-refractivity contribution in [2.75, 3.05) is 9.80 Å². The van der Waals surface area contributed by atoms with Crippen LogP contribution in [0.5, 0.6) is 0 Å². The number of rotatable bonds is 12. The number of allylic oxidation sites excluding steroid dienone is 8.